The van der Waals surface area contributed by atoms with Gasteiger partial charge in [0.2, 0.25) is 5.91 Å². The fourth-order valence-electron chi connectivity index (χ4n) is 1.11. The van der Waals surface area contributed by atoms with Crippen molar-refractivity contribution >= 4 is 23.7 Å². The van der Waals surface area contributed by atoms with Crippen molar-refractivity contribution in [3.63, 3.8) is 0 Å². The summed E-state index contributed by atoms with van der Waals surface area (Å²) >= 11 is 0. The number of carboxylic acids is 1. The van der Waals surface area contributed by atoms with Gasteiger partial charge in [0.25, 0.3) is 0 Å². The Hall–Kier alpha value is -2.64. The molecule has 1 heterocycles. The molecule has 1 aromatic heterocycles. The third-order valence-electron chi connectivity index (χ3n) is 2.01. The van der Waals surface area contributed by atoms with Crippen molar-refractivity contribution in [2.75, 3.05) is 5.32 Å². The van der Waals surface area contributed by atoms with Gasteiger partial charge in [-0.3, -0.25) is 4.79 Å². The molecule has 0 bridgehead atoms. The maximum absolute atomic E-state index is 11.5. The summed E-state index contributed by atoms with van der Waals surface area (Å²) in [5, 5.41) is 13.3. The summed E-state index contributed by atoms with van der Waals surface area (Å²) < 4.78 is 0. The number of aromatic nitrogens is 1. The molecule has 8 nitrogen and oxygen atoms in total. The maximum atomic E-state index is 11.5. The van der Waals surface area contributed by atoms with Gasteiger partial charge < -0.3 is 21.5 Å². The SMILES string of the molecule is CC(NC(N)=O)C(=O)Nc1ccc(C(=O)O)cn1. The van der Waals surface area contributed by atoms with Crippen molar-refractivity contribution in [2.45, 2.75) is 13.0 Å². The van der Waals surface area contributed by atoms with Crippen molar-refractivity contribution in [3.8, 4) is 0 Å². The van der Waals surface area contributed by atoms with E-state index in [1.807, 2.05) is 0 Å². The largest absolute Gasteiger partial charge is 0.478 e. The number of hydrogen-bond acceptors (Lipinski definition) is 4. The minimum Gasteiger partial charge on any atom is -0.478 e. The number of carboxylic acid groups (broad SMARTS) is 1. The van der Waals surface area contributed by atoms with E-state index < -0.39 is 23.9 Å². The predicted molar refractivity (Wildman–Crippen MR) is 62.0 cm³/mol. The Morgan fingerprint density at radius 1 is 1.39 bits per heavy atom. The number of nitrogens with zero attached hydrogens (tertiary/aromatic N) is 1. The first-order valence-electron chi connectivity index (χ1n) is 4.96. The van der Waals surface area contributed by atoms with Gasteiger partial charge in [-0.1, -0.05) is 0 Å². The Balaban J connectivity index is 2.64. The second-order valence-corrected chi connectivity index (χ2v) is 3.46. The zero-order valence-electron chi connectivity index (χ0n) is 9.51. The Bertz CT molecular complexity index is 471. The highest BCUT2D eigenvalue weighted by molar-refractivity contribution is 5.96. The standard InChI is InChI=1S/C10H12N4O4/c1-5(13-10(11)18)8(15)14-7-3-2-6(4-12-7)9(16)17/h2-5H,1H3,(H,16,17)(H3,11,13,18)(H,12,14,15). The van der Waals surface area contributed by atoms with Gasteiger partial charge in [-0.05, 0) is 19.1 Å². The molecule has 8 heteroatoms. The van der Waals surface area contributed by atoms with Crippen molar-refractivity contribution < 1.29 is 19.5 Å². The lowest BCUT2D eigenvalue weighted by atomic mass is 10.3. The number of pyridine rings is 1. The molecule has 0 radical (unpaired) electrons. The normalized spacial score (nSPS) is 11.4. The summed E-state index contributed by atoms with van der Waals surface area (Å²) in [5.74, 6) is -1.43. The highest BCUT2D eigenvalue weighted by Gasteiger charge is 2.14. The van der Waals surface area contributed by atoms with Crippen LogP contribution in [0.15, 0.2) is 18.3 Å². The second-order valence-electron chi connectivity index (χ2n) is 3.46. The zero-order chi connectivity index (χ0) is 13.7. The van der Waals surface area contributed by atoms with Crippen LogP contribution in [-0.2, 0) is 4.79 Å². The number of amides is 3. The number of nitrogens with two attached hydrogens (primary N) is 1. The van der Waals surface area contributed by atoms with E-state index in [2.05, 4.69) is 15.6 Å². The van der Waals surface area contributed by atoms with Crippen LogP contribution in [0.3, 0.4) is 0 Å². The number of aromatic carboxylic acids is 1. The quantitative estimate of drug-likeness (QED) is 0.587. The molecule has 0 aliphatic rings. The molecule has 0 saturated heterocycles. The molecule has 5 N–H and O–H groups in total. The van der Waals surface area contributed by atoms with Gasteiger partial charge in [-0.25, -0.2) is 14.6 Å². The molecule has 0 saturated carbocycles. The molecule has 0 spiro atoms. The minimum atomic E-state index is -1.11. The predicted octanol–water partition coefficient (Wildman–Crippen LogP) is -0.225. The first-order valence-corrected chi connectivity index (χ1v) is 4.96. The molecule has 1 aromatic rings. The van der Waals surface area contributed by atoms with Crippen LogP contribution in [0.4, 0.5) is 10.6 Å². The number of primary amides is 1. The topological polar surface area (TPSA) is 134 Å². The molecule has 1 atom stereocenters. The average molecular weight is 252 g/mol. The number of nitrogens with one attached hydrogen (secondary N) is 2. The average Bonchev–Trinajstić information content (AvgIpc) is 2.28. The fourth-order valence-corrected chi connectivity index (χ4v) is 1.11. The molecular formula is C10H12N4O4. The third kappa shape index (κ3) is 3.74. The fraction of sp³-hybridized carbons (Fsp3) is 0.200. The smallest absolute Gasteiger partial charge is 0.337 e. The van der Waals surface area contributed by atoms with E-state index in [-0.39, 0.29) is 11.4 Å². The molecule has 1 rings (SSSR count). The molecule has 0 aromatic carbocycles. The lowest BCUT2D eigenvalue weighted by Crippen LogP contribution is -2.44. The number of carbonyl (C=O) groups is 3. The van der Waals surface area contributed by atoms with Gasteiger partial charge in [0.1, 0.15) is 11.9 Å². The maximum Gasteiger partial charge on any atom is 0.337 e. The van der Waals surface area contributed by atoms with Crippen LogP contribution in [0.25, 0.3) is 0 Å². The summed E-state index contributed by atoms with van der Waals surface area (Å²) in [5.41, 5.74) is 4.88. The zero-order valence-corrected chi connectivity index (χ0v) is 9.51. The number of hydrogen-bond donors (Lipinski definition) is 4. The Morgan fingerprint density at radius 3 is 2.50 bits per heavy atom. The van der Waals surface area contributed by atoms with Crippen LogP contribution < -0.4 is 16.4 Å². The van der Waals surface area contributed by atoms with Gasteiger partial charge in [0.05, 0.1) is 5.56 Å². The van der Waals surface area contributed by atoms with Gasteiger partial charge >= 0.3 is 12.0 Å². The summed E-state index contributed by atoms with van der Waals surface area (Å²) in [6.45, 7) is 1.45. The van der Waals surface area contributed by atoms with E-state index in [9.17, 15) is 14.4 Å². The van der Waals surface area contributed by atoms with Gasteiger partial charge in [-0.2, -0.15) is 0 Å². The van der Waals surface area contributed by atoms with E-state index in [4.69, 9.17) is 10.8 Å². The van der Waals surface area contributed by atoms with Crippen LogP contribution in [-0.4, -0.2) is 34.0 Å². The van der Waals surface area contributed by atoms with Crippen molar-refractivity contribution in [1.29, 1.82) is 0 Å². The Kier molecular flexibility index (Phi) is 4.19. The van der Waals surface area contributed by atoms with Crippen molar-refractivity contribution in [1.82, 2.24) is 10.3 Å². The molecule has 96 valence electrons. The van der Waals surface area contributed by atoms with E-state index in [0.29, 0.717) is 0 Å². The summed E-state index contributed by atoms with van der Waals surface area (Å²) in [6, 6.07) is 1.02. The number of carbonyl (C=O) groups excluding carboxylic acids is 2. The van der Waals surface area contributed by atoms with E-state index >= 15 is 0 Å². The summed E-state index contributed by atoms with van der Waals surface area (Å²) in [6.07, 6.45) is 1.12. The van der Waals surface area contributed by atoms with E-state index in [0.717, 1.165) is 6.20 Å². The number of anilines is 1. The highest BCUT2D eigenvalue weighted by Crippen LogP contribution is 2.05. The highest BCUT2D eigenvalue weighted by atomic mass is 16.4. The first-order chi connectivity index (χ1) is 8.40. The minimum absolute atomic E-state index is 0.0105. The van der Waals surface area contributed by atoms with Crippen LogP contribution in [0.2, 0.25) is 0 Å². The van der Waals surface area contributed by atoms with E-state index in [1.165, 1.54) is 19.1 Å². The van der Waals surface area contributed by atoms with Crippen LogP contribution in [0.5, 0.6) is 0 Å². The van der Waals surface area contributed by atoms with Gasteiger partial charge in [0.15, 0.2) is 0 Å². The Labute approximate surface area is 102 Å². The molecule has 1 unspecified atom stereocenters. The number of rotatable bonds is 4. The molecule has 0 aliphatic heterocycles. The molecular weight excluding hydrogens is 240 g/mol. The third-order valence-corrected chi connectivity index (χ3v) is 2.01. The van der Waals surface area contributed by atoms with Crippen LogP contribution >= 0.6 is 0 Å². The van der Waals surface area contributed by atoms with Crippen molar-refractivity contribution in [3.05, 3.63) is 23.9 Å². The monoisotopic (exact) mass is 252 g/mol. The Morgan fingerprint density at radius 2 is 2.06 bits per heavy atom. The van der Waals surface area contributed by atoms with Gasteiger partial charge in [0, 0.05) is 6.20 Å². The van der Waals surface area contributed by atoms with Crippen LogP contribution in [0, 0.1) is 0 Å². The van der Waals surface area contributed by atoms with E-state index in [1.54, 1.807) is 0 Å². The first kappa shape index (κ1) is 13.4. The summed E-state index contributed by atoms with van der Waals surface area (Å²) in [7, 11) is 0. The lowest BCUT2D eigenvalue weighted by Gasteiger charge is -2.11. The molecule has 0 fully saturated rings. The summed E-state index contributed by atoms with van der Waals surface area (Å²) in [4.78, 5) is 36.4. The molecule has 0 aliphatic carbocycles. The second kappa shape index (κ2) is 5.62. The molecule has 3 amide bonds. The van der Waals surface area contributed by atoms with Gasteiger partial charge in [-0.15, -0.1) is 0 Å². The molecule has 18 heavy (non-hydrogen) atoms. The lowest BCUT2D eigenvalue weighted by molar-refractivity contribution is -0.117. The van der Waals surface area contributed by atoms with Crippen LogP contribution in [0.1, 0.15) is 17.3 Å². The van der Waals surface area contributed by atoms with Crippen molar-refractivity contribution in [2.24, 2.45) is 5.73 Å². The number of urea groups is 1.